The fourth-order valence-electron chi connectivity index (χ4n) is 3.07. The third-order valence-corrected chi connectivity index (χ3v) is 6.65. The molecule has 1 aliphatic rings. The van der Waals surface area contributed by atoms with E-state index in [1.165, 1.54) is 17.5 Å². The van der Waals surface area contributed by atoms with Crippen LogP contribution < -0.4 is 5.32 Å². The van der Waals surface area contributed by atoms with Crippen LogP contribution >= 0.6 is 22.7 Å². The Morgan fingerprint density at radius 2 is 1.86 bits per heavy atom. The summed E-state index contributed by atoms with van der Waals surface area (Å²) in [4.78, 5) is 21.6. The van der Waals surface area contributed by atoms with Gasteiger partial charge in [-0.3, -0.25) is 4.79 Å². The fourth-order valence-corrected chi connectivity index (χ4v) is 4.82. The number of para-hydroxylation sites is 1. The molecule has 9 nitrogen and oxygen atoms in total. The van der Waals surface area contributed by atoms with Gasteiger partial charge in [0.1, 0.15) is 30.5 Å². The topological polar surface area (TPSA) is 145 Å². The first-order valence-electron chi connectivity index (χ1n) is 8.88. The van der Waals surface area contributed by atoms with Crippen LogP contribution in [-0.2, 0) is 4.74 Å². The van der Waals surface area contributed by atoms with Crippen molar-refractivity contribution < 1.29 is 30.0 Å². The number of rotatable bonds is 6. The fraction of sp³-hybridized carbons (Fsp3) is 0.389. The van der Waals surface area contributed by atoms with Crippen LogP contribution in [-0.4, -0.2) is 79.8 Å². The predicted octanol–water partition coefficient (Wildman–Crippen LogP) is 0.238. The minimum absolute atomic E-state index is 0.0731. The minimum atomic E-state index is -1.43. The Balaban J connectivity index is 1.42. The van der Waals surface area contributed by atoms with Crippen LogP contribution in [0.2, 0.25) is 0 Å². The van der Waals surface area contributed by atoms with E-state index >= 15 is 0 Å². The maximum atomic E-state index is 12.7. The molecule has 0 saturated carbocycles. The highest BCUT2D eigenvalue weighted by Crippen LogP contribution is 2.27. The molecule has 0 radical (unpaired) electrons. The Morgan fingerprint density at radius 1 is 1.10 bits per heavy atom. The van der Waals surface area contributed by atoms with Crippen LogP contribution in [0.15, 0.2) is 30.5 Å². The molecule has 3 aromatic rings. The van der Waals surface area contributed by atoms with Crippen LogP contribution in [0.5, 0.6) is 0 Å². The number of ether oxygens (including phenoxy) is 1. The maximum absolute atomic E-state index is 12.7. The summed E-state index contributed by atoms with van der Waals surface area (Å²) >= 11 is 2.46. The van der Waals surface area contributed by atoms with Gasteiger partial charge in [-0.15, -0.1) is 11.3 Å². The smallest absolute Gasteiger partial charge is 0.233 e. The molecule has 4 rings (SSSR count). The first-order valence-corrected chi connectivity index (χ1v) is 10.5. The summed E-state index contributed by atoms with van der Waals surface area (Å²) < 4.78 is 6.37. The van der Waals surface area contributed by atoms with Gasteiger partial charge in [-0.2, -0.15) is 0 Å². The van der Waals surface area contributed by atoms with E-state index in [9.17, 15) is 25.2 Å². The number of aliphatic hydroxyl groups excluding tert-OH is 4. The Hall–Kier alpha value is -1.99. The molecule has 1 aliphatic heterocycles. The van der Waals surface area contributed by atoms with Gasteiger partial charge in [0.25, 0.3) is 0 Å². The summed E-state index contributed by atoms with van der Waals surface area (Å²) in [5.41, 5.74) is 0.770. The number of aliphatic hydroxyl groups is 4. The van der Waals surface area contributed by atoms with Crippen molar-refractivity contribution in [3.8, 4) is 0 Å². The van der Waals surface area contributed by atoms with Crippen LogP contribution in [0.3, 0.4) is 0 Å². The lowest BCUT2D eigenvalue weighted by Gasteiger charge is -2.40. The van der Waals surface area contributed by atoms with Crippen molar-refractivity contribution in [3.63, 3.8) is 0 Å². The van der Waals surface area contributed by atoms with Gasteiger partial charge in [-0.25, -0.2) is 9.97 Å². The molecule has 5 N–H and O–H groups in total. The number of thiazole rings is 2. The number of anilines is 1. The first kappa shape index (κ1) is 20.3. The Labute approximate surface area is 173 Å². The molecule has 154 valence electrons. The van der Waals surface area contributed by atoms with Crippen LogP contribution in [0.25, 0.3) is 10.2 Å². The largest absolute Gasteiger partial charge is 0.394 e. The number of carbonyl (C=O) groups excluding carboxylic acids is 1. The molecule has 1 aromatic carbocycles. The average molecular weight is 437 g/mol. The lowest BCUT2D eigenvalue weighted by Crippen LogP contribution is -2.60. The van der Waals surface area contributed by atoms with Crippen molar-refractivity contribution in [2.75, 3.05) is 18.5 Å². The van der Waals surface area contributed by atoms with Gasteiger partial charge < -0.3 is 30.5 Å². The highest BCUT2D eigenvalue weighted by molar-refractivity contribution is 7.22. The molecule has 0 bridgehead atoms. The van der Waals surface area contributed by atoms with E-state index < -0.39 is 37.1 Å². The molecule has 0 amide bonds. The van der Waals surface area contributed by atoms with E-state index in [0.717, 1.165) is 21.6 Å². The van der Waals surface area contributed by atoms with Gasteiger partial charge in [0.2, 0.25) is 5.78 Å². The first-order chi connectivity index (χ1) is 14.0. The molecule has 0 unspecified atom stereocenters. The molecule has 3 heterocycles. The molecule has 29 heavy (non-hydrogen) atoms. The summed E-state index contributed by atoms with van der Waals surface area (Å²) in [6.07, 6.45) is -4.53. The molecule has 2 aromatic heterocycles. The van der Waals surface area contributed by atoms with Crippen LogP contribution in [0.1, 0.15) is 14.7 Å². The third-order valence-electron chi connectivity index (χ3n) is 4.66. The second kappa shape index (κ2) is 8.40. The maximum Gasteiger partial charge on any atom is 0.233 e. The van der Waals surface area contributed by atoms with Crippen molar-refractivity contribution in [3.05, 3.63) is 40.3 Å². The van der Waals surface area contributed by atoms with E-state index in [4.69, 9.17) is 4.74 Å². The van der Waals surface area contributed by atoms with Gasteiger partial charge in [-0.1, -0.05) is 23.5 Å². The SMILES string of the molecule is O=C(c1cnc(NC[C@H]2O[C@H](CO)[C@@H](O)[C@H](O)[C@@H]2O)s1)c1nc2ccccc2s1. The van der Waals surface area contributed by atoms with Gasteiger partial charge in [0.05, 0.1) is 27.9 Å². The molecule has 5 atom stereocenters. The average Bonchev–Trinajstić information content (AvgIpc) is 3.38. The molecule has 11 heteroatoms. The van der Waals surface area contributed by atoms with Gasteiger partial charge >= 0.3 is 0 Å². The van der Waals surface area contributed by atoms with Crippen molar-refractivity contribution in [2.45, 2.75) is 30.5 Å². The molecule has 1 fully saturated rings. The summed E-state index contributed by atoms with van der Waals surface area (Å²) in [7, 11) is 0. The summed E-state index contributed by atoms with van der Waals surface area (Å²) in [5, 5.41) is 42.8. The number of carbonyl (C=O) groups is 1. The zero-order valence-electron chi connectivity index (χ0n) is 15.0. The summed E-state index contributed by atoms with van der Waals surface area (Å²) in [6.45, 7) is -0.413. The standard InChI is InChI=1S/C18H19N3O6S2/c22-7-10-14(24)16(26)13(23)9(27-10)5-19-18-20-6-12(29-18)15(25)17-21-8-3-1-2-4-11(8)28-17/h1-4,6,9-10,13-14,16,22-24,26H,5,7H2,(H,19,20)/t9-,10-,13-,14-,16-/m1/s1. The van der Waals surface area contributed by atoms with Crippen molar-refractivity contribution >= 4 is 43.8 Å². The van der Waals surface area contributed by atoms with E-state index in [1.807, 2.05) is 24.3 Å². The quantitative estimate of drug-likeness (QED) is 0.342. The number of fused-ring (bicyclic) bond motifs is 1. The van der Waals surface area contributed by atoms with E-state index in [1.54, 1.807) is 0 Å². The Bertz CT molecular complexity index is 973. The minimum Gasteiger partial charge on any atom is -0.394 e. The summed E-state index contributed by atoms with van der Waals surface area (Å²) in [6, 6.07) is 7.51. The van der Waals surface area contributed by atoms with Gasteiger partial charge in [-0.05, 0) is 12.1 Å². The highest BCUT2D eigenvalue weighted by Gasteiger charge is 2.43. The van der Waals surface area contributed by atoms with Crippen LogP contribution in [0, 0.1) is 0 Å². The third kappa shape index (κ3) is 4.03. The lowest BCUT2D eigenvalue weighted by atomic mass is 9.95. The second-order valence-corrected chi connectivity index (χ2v) is 8.66. The zero-order chi connectivity index (χ0) is 20.5. The van der Waals surface area contributed by atoms with Gasteiger partial charge in [0.15, 0.2) is 10.1 Å². The van der Waals surface area contributed by atoms with E-state index in [0.29, 0.717) is 15.0 Å². The van der Waals surface area contributed by atoms with E-state index in [-0.39, 0.29) is 12.3 Å². The number of nitrogens with zero attached hydrogens (tertiary/aromatic N) is 2. The molecule has 1 saturated heterocycles. The van der Waals surface area contributed by atoms with Crippen LogP contribution in [0.4, 0.5) is 5.13 Å². The van der Waals surface area contributed by atoms with Gasteiger partial charge in [0, 0.05) is 6.54 Å². The number of hydrogen-bond donors (Lipinski definition) is 5. The Kier molecular flexibility index (Phi) is 5.88. The predicted molar refractivity (Wildman–Crippen MR) is 107 cm³/mol. The highest BCUT2D eigenvalue weighted by atomic mass is 32.1. The number of aromatic nitrogens is 2. The van der Waals surface area contributed by atoms with Crippen molar-refractivity contribution in [1.29, 1.82) is 0 Å². The zero-order valence-corrected chi connectivity index (χ0v) is 16.6. The van der Waals surface area contributed by atoms with Crippen molar-refractivity contribution in [2.24, 2.45) is 0 Å². The number of benzene rings is 1. The van der Waals surface area contributed by atoms with E-state index in [2.05, 4.69) is 15.3 Å². The Morgan fingerprint density at radius 3 is 2.62 bits per heavy atom. The number of nitrogens with one attached hydrogen (secondary N) is 1. The normalized spacial score (nSPS) is 27.2. The molecular formula is C18H19N3O6S2. The molecular weight excluding hydrogens is 418 g/mol. The number of hydrogen-bond acceptors (Lipinski definition) is 11. The number of ketones is 1. The second-order valence-electron chi connectivity index (χ2n) is 6.59. The molecule has 0 spiro atoms. The summed E-state index contributed by atoms with van der Waals surface area (Å²) in [5.74, 6) is -0.218. The molecule has 0 aliphatic carbocycles. The lowest BCUT2D eigenvalue weighted by molar-refractivity contribution is -0.225. The van der Waals surface area contributed by atoms with Crippen molar-refractivity contribution in [1.82, 2.24) is 9.97 Å². The monoisotopic (exact) mass is 437 g/mol.